The van der Waals surface area contributed by atoms with Gasteiger partial charge in [-0.05, 0) is 37.3 Å². The number of carbonyl (C=O) groups excluding carboxylic acids is 2. The van der Waals surface area contributed by atoms with Crippen LogP contribution in [0.5, 0.6) is 0 Å². The van der Waals surface area contributed by atoms with Gasteiger partial charge in [0.05, 0.1) is 5.25 Å². The molecule has 0 bridgehead atoms. The molecule has 1 aliphatic rings. The zero-order valence-electron chi connectivity index (χ0n) is 17.0. The lowest BCUT2D eigenvalue weighted by Gasteiger charge is -2.33. The van der Waals surface area contributed by atoms with Gasteiger partial charge in [-0.1, -0.05) is 36.9 Å². The van der Waals surface area contributed by atoms with Gasteiger partial charge in [-0.2, -0.15) is 0 Å². The van der Waals surface area contributed by atoms with E-state index >= 15 is 0 Å². The van der Waals surface area contributed by atoms with Gasteiger partial charge >= 0.3 is 0 Å². The second-order valence-corrected chi connectivity index (χ2v) is 9.60. The van der Waals surface area contributed by atoms with E-state index in [4.69, 9.17) is 0 Å². The van der Waals surface area contributed by atoms with Crippen molar-refractivity contribution in [1.82, 2.24) is 14.5 Å². The van der Waals surface area contributed by atoms with Crippen molar-refractivity contribution >= 4 is 21.8 Å². The highest BCUT2D eigenvalue weighted by atomic mass is 32.2. The lowest BCUT2D eigenvalue weighted by Crippen LogP contribution is -2.46. The largest absolute Gasteiger partial charge is 0.353 e. The topological polar surface area (TPSA) is 86.8 Å². The van der Waals surface area contributed by atoms with E-state index in [1.165, 1.54) is 10.4 Å². The molecule has 0 atom stereocenters. The van der Waals surface area contributed by atoms with Gasteiger partial charge in [0.15, 0.2) is 0 Å². The highest BCUT2D eigenvalue weighted by Crippen LogP contribution is 2.21. The first-order valence-corrected chi connectivity index (χ1v) is 11.5. The first-order chi connectivity index (χ1) is 13.8. The fourth-order valence-corrected chi connectivity index (χ4v) is 5.12. The lowest BCUT2D eigenvalue weighted by molar-refractivity contribution is -0.132. The van der Waals surface area contributed by atoms with E-state index in [-0.39, 0.29) is 11.8 Å². The number of piperidine rings is 1. The van der Waals surface area contributed by atoms with Crippen LogP contribution in [0.25, 0.3) is 0 Å². The second kappa shape index (κ2) is 11.1. The smallest absolute Gasteiger partial charge is 0.243 e. The lowest BCUT2D eigenvalue weighted by atomic mass is 10.1. The molecule has 0 unspecified atom stereocenters. The quantitative estimate of drug-likeness (QED) is 0.459. The molecule has 1 aromatic carbocycles. The molecule has 1 N–H and O–H groups in total. The molecule has 0 saturated carbocycles. The Labute approximate surface area is 173 Å². The molecule has 1 heterocycles. The predicted molar refractivity (Wildman–Crippen MR) is 114 cm³/mol. The first-order valence-electron chi connectivity index (χ1n) is 10.0. The highest BCUT2D eigenvalue weighted by Gasteiger charge is 2.33. The standard InChI is InChI=1S/C21H31N3O4S/c1-3-20(25)22-14-7-15-23(2)29(27,28)19-12-16-24(17-13-19)21(26)11-10-18-8-5-4-6-9-18/h3-6,8-9,19H,1,7,10-17H2,2H3,(H,22,25). The highest BCUT2D eigenvalue weighted by molar-refractivity contribution is 7.89. The molecule has 2 rings (SSSR count). The third kappa shape index (κ3) is 6.97. The summed E-state index contributed by atoms with van der Waals surface area (Å²) in [6.45, 7) is 5.06. The number of nitrogens with zero attached hydrogens (tertiary/aromatic N) is 2. The van der Waals surface area contributed by atoms with Crippen LogP contribution >= 0.6 is 0 Å². The number of hydrogen-bond acceptors (Lipinski definition) is 4. The van der Waals surface area contributed by atoms with Crippen molar-refractivity contribution in [3.63, 3.8) is 0 Å². The Hall–Kier alpha value is -2.19. The Balaban J connectivity index is 1.75. The van der Waals surface area contributed by atoms with Crippen molar-refractivity contribution in [3.05, 3.63) is 48.6 Å². The number of benzene rings is 1. The van der Waals surface area contributed by atoms with Crippen LogP contribution in [-0.4, -0.2) is 67.9 Å². The number of hydrogen-bond donors (Lipinski definition) is 1. The number of carbonyl (C=O) groups is 2. The number of amides is 2. The molecule has 0 spiro atoms. The molecule has 0 aliphatic carbocycles. The van der Waals surface area contributed by atoms with Gasteiger partial charge in [-0.3, -0.25) is 9.59 Å². The van der Waals surface area contributed by atoms with Gasteiger partial charge in [-0.15, -0.1) is 0 Å². The van der Waals surface area contributed by atoms with Crippen molar-refractivity contribution in [2.75, 3.05) is 33.2 Å². The van der Waals surface area contributed by atoms with E-state index in [0.29, 0.717) is 58.3 Å². The monoisotopic (exact) mass is 421 g/mol. The number of likely N-dealkylation sites (tertiary alicyclic amines) is 1. The van der Waals surface area contributed by atoms with E-state index in [0.717, 1.165) is 5.56 Å². The number of nitrogens with one attached hydrogen (secondary N) is 1. The minimum Gasteiger partial charge on any atom is -0.353 e. The van der Waals surface area contributed by atoms with Gasteiger partial charge < -0.3 is 10.2 Å². The Morgan fingerprint density at radius 2 is 1.90 bits per heavy atom. The van der Waals surface area contributed by atoms with Crippen LogP contribution < -0.4 is 5.32 Å². The van der Waals surface area contributed by atoms with Crippen molar-refractivity contribution in [2.45, 2.75) is 37.4 Å². The zero-order valence-corrected chi connectivity index (χ0v) is 17.9. The summed E-state index contributed by atoms with van der Waals surface area (Å²) in [5, 5.41) is 2.17. The Morgan fingerprint density at radius 3 is 2.52 bits per heavy atom. The summed E-state index contributed by atoms with van der Waals surface area (Å²) in [7, 11) is -1.84. The van der Waals surface area contributed by atoms with Crippen LogP contribution in [0.1, 0.15) is 31.2 Å². The number of rotatable bonds is 10. The average molecular weight is 422 g/mol. The first kappa shape index (κ1) is 23.1. The van der Waals surface area contributed by atoms with Crippen LogP contribution in [0.3, 0.4) is 0 Å². The minimum absolute atomic E-state index is 0.0796. The van der Waals surface area contributed by atoms with Crippen LogP contribution in [0, 0.1) is 0 Å². The summed E-state index contributed by atoms with van der Waals surface area (Å²) >= 11 is 0. The fraction of sp³-hybridized carbons (Fsp3) is 0.524. The molecule has 0 radical (unpaired) electrons. The summed E-state index contributed by atoms with van der Waals surface area (Å²) in [5.74, 6) is -0.184. The Bertz CT molecular complexity index is 787. The van der Waals surface area contributed by atoms with Gasteiger partial charge in [-0.25, -0.2) is 12.7 Å². The third-order valence-electron chi connectivity index (χ3n) is 5.26. The molecule has 1 aromatic rings. The van der Waals surface area contributed by atoms with E-state index in [9.17, 15) is 18.0 Å². The molecule has 8 heteroatoms. The van der Waals surface area contributed by atoms with Crippen LogP contribution in [0.2, 0.25) is 0 Å². The maximum absolute atomic E-state index is 12.8. The van der Waals surface area contributed by atoms with E-state index in [1.54, 1.807) is 11.9 Å². The SMILES string of the molecule is C=CC(=O)NCCCN(C)S(=O)(=O)C1CCN(C(=O)CCc2ccccc2)CC1. The van der Waals surface area contributed by atoms with Gasteiger partial charge in [0.25, 0.3) is 0 Å². The zero-order chi connectivity index (χ0) is 21.3. The van der Waals surface area contributed by atoms with Crippen molar-refractivity contribution in [2.24, 2.45) is 0 Å². The molecule has 160 valence electrons. The molecule has 29 heavy (non-hydrogen) atoms. The molecular formula is C21H31N3O4S. The molecule has 2 amide bonds. The normalized spacial score (nSPS) is 15.3. The van der Waals surface area contributed by atoms with Crippen LogP contribution in [-0.2, 0) is 26.0 Å². The number of sulfonamides is 1. The molecule has 1 aliphatic heterocycles. The Kier molecular flexibility index (Phi) is 8.85. The molecule has 0 aromatic heterocycles. The molecule has 1 saturated heterocycles. The van der Waals surface area contributed by atoms with Crippen molar-refractivity contribution in [3.8, 4) is 0 Å². The summed E-state index contributed by atoms with van der Waals surface area (Å²) < 4.78 is 26.9. The van der Waals surface area contributed by atoms with Gasteiger partial charge in [0.1, 0.15) is 0 Å². The molecular weight excluding hydrogens is 390 g/mol. The third-order valence-corrected chi connectivity index (χ3v) is 7.62. The van der Waals surface area contributed by atoms with E-state index in [2.05, 4.69) is 11.9 Å². The van der Waals surface area contributed by atoms with Crippen LogP contribution in [0.4, 0.5) is 0 Å². The summed E-state index contributed by atoms with van der Waals surface area (Å²) in [6.07, 6.45) is 3.77. The summed E-state index contributed by atoms with van der Waals surface area (Å²) in [5.41, 5.74) is 1.13. The van der Waals surface area contributed by atoms with Gasteiger partial charge in [0.2, 0.25) is 21.8 Å². The van der Waals surface area contributed by atoms with Crippen molar-refractivity contribution in [1.29, 1.82) is 0 Å². The molecule has 1 fully saturated rings. The van der Waals surface area contributed by atoms with Gasteiger partial charge in [0, 0.05) is 39.6 Å². The second-order valence-electron chi connectivity index (χ2n) is 7.28. The predicted octanol–water partition coefficient (Wildman–Crippen LogP) is 1.56. The Morgan fingerprint density at radius 1 is 1.24 bits per heavy atom. The van der Waals surface area contributed by atoms with Crippen LogP contribution in [0.15, 0.2) is 43.0 Å². The fourth-order valence-electron chi connectivity index (χ4n) is 3.42. The van der Waals surface area contributed by atoms with Crippen molar-refractivity contribution < 1.29 is 18.0 Å². The number of aryl methyl sites for hydroxylation is 1. The average Bonchev–Trinajstić information content (AvgIpc) is 2.75. The van der Waals surface area contributed by atoms with E-state index < -0.39 is 15.3 Å². The molecule has 7 nitrogen and oxygen atoms in total. The van der Waals surface area contributed by atoms with E-state index in [1.807, 2.05) is 30.3 Å². The maximum atomic E-state index is 12.8. The maximum Gasteiger partial charge on any atom is 0.243 e. The summed E-state index contributed by atoms with van der Waals surface area (Å²) in [4.78, 5) is 25.3. The minimum atomic E-state index is -3.41. The summed E-state index contributed by atoms with van der Waals surface area (Å²) in [6, 6.07) is 9.88.